The second-order valence-corrected chi connectivity index (χ2v) is 13.8. The first-order valence-corrected chi connectivity index (χ1v) is 14.2. The average Bonchev–Trinajstić information content (AvgIpc) is 2.79. The van der Waals surface area contributed by atoms with Crippen molar-refractivity contribution in [3.8, 4) is 22.9 Å². The minimum atomic E-state index is -0.910. The van der Waals surface area contributed by atoms with Crippen molar-refractivity contribution in [3.63, 3.8) is 0 Å². The average molecular weight is 408 g/mol. The maximum Gasteiger partial charge on any atom is 0.119 e. The molecule has 0 aliphatic rings. The molecule has 0 heterocycles. The van der Waals surface area contributed by atoms with Crippen molar-refractivity contribution in [2.75, 3.05) is 6.61 Å². The van der Waals surface area contributed by atoms with Gasteiger partial charge in [-0.05, 0) is 41.8 Å². The molecule has 0 spiro atoms. The Morgan fingerprint density at radius 3 is 1.79 bits per heavy atom. The van der Waals surface area contributed by atoms with E-state index in [1.807, 2.05) is 36.4 Å². The molecule has 0 atom stereocenters. The van der Waals surface area contributed by atoms with Crippen LogP contribution in [0.4, 0.5) is 0 Å². The summed E-state index contributed by atoms with van der Waals surface area (Å²) in [6.07, 6.45) is 6.55. The van der Waals surface area contributed by atoms with E-state index >= 15 is 0 Å². The van der Waals surface area contributed by atoms with Crippen LogP contribution in [0.15, 0.2) is 48.5 Å². The predicted molar refractivity (Wildman–Crippen MR) is 127 cm³/mol. The normalized spacial score (nSPS) is 11.2. The van der Waals surface area contributed by atoms with Crippen LogP contribution < -0.4 is 4.74 Å². The smallest absolute Gasteiger partial charge is 0.119 e. The van der Waals surface area contributed by atoms with E-state index in [1.165, 1.54) is 49.9 Å². The van der Waals surface area contributed by atoms with Gasteiger partial charge >= 0.3 is 0 Å². The van der Waals surface area contributed by atoms with Gasteiger partial charge in [-0.25, -0.2) is 0 Å². The molecule has 3 heteroatoms. The molecule has 0 saturated carbocycles. The van der Waals surface area contributed by atoms with Crippen LogP contribution in [0.1, 0.15) is 58.4 Å². The zero-order chi connectivity index (χ0) is 21.0. The van der Waals surface area contributed by atoms with E-state index in [2.05, 4.69) is 39.0 Å². The Bertz CT molecular complexity index is 734. The number of hydrogen-bond acceptors (Lipinski definition) is 2. The Morgan fingerprint density at radius 2 is 1.24 bits per heavy atom. The third-order valence-corrected chi connectivity index (χ3v) is 12.5. The molecule has 0 radical (unpaired) electrons. The summed E-state index contributed by atoms with van der Waals surface area (Å²) in [4.78, 5) is 0. The molecule has 0 fully saturated rings. The van der Waals surface area contributed by atoms with Crippen molar-refractivity contribution in [1.82, 2.24) is 0 Å². The van der Waals surface area contributed by atoms with Gasteiger partial charge in [0.2, 0.25) is 0 Å². The molecule has 2 rings (SSSR count). The number of nitriles is 1. The van der Waals surface area contributed by atoms with Crippen LogP contribution in [0.5, 0.6) is 5.75 Å². The van der Waals surface area contributed by atoms with Crippen molar-refractivity contribution in [3.05, 3.63) is 54.1 Å². The molecule has 0 unspecified atom stereocenters. The van der Waals surface area contributed by atoms with E-state index in [-0.39, 0.29) is 0 Å². The lowest BCUT2D eigenvalue weighted by Crippen LogP contribution is -2.30. The molecule has 0 saturated heterocycles. The summed E-state index contributed by atoms with van der Waals surface area (Å²) in [5.74, 6) is 0.937. The van der Waals surface area contributed by atoms with Gasteiger partial charge in [-0.2, -0.15) is 5.26 Å². The summed E-state index contributed by atoms with van der Waals surface area (Å²) in [5.41, 5.74) is 2.96. The van der Waals surface area contributed by atoms with E-state index in [4.69, 9.17) is 10.00 Å². The standard InChI is InChI=1S/C26H37NOSi/c1-4-29(5-2,6-3)21-11-9-7-8-10-20-28-26-18-16-25(17-19-26)24-14-12-23(22-27)13-15-24/h12-19H,4-11,20-21H2,1-3H3. The maximum absolute atomic E-state index is 8.90. The van der Waals surface area contributed by atoms with Gasteiger partial charge in [-0.15, -0.1) is 0 Å². The highest BCUT2D eigenvalue weighted by molar-refractivity contribution is 6.79. The fourth-order valence-electron chi connectivity index (χ4n) is 4.08. The quantitative estimate of drug-likeness (QED) is 0.248. The SMILES string of the molecule is CC[Si](CC)(CC)CCCCCCCOc1ccc(-c2ccc(C#N)cc2)cc1. The van der Waals surface area contributed by atoms with Crippen molar-refractivity contribution in [2.45, 2.75) is 77.1 Å². The Kier molecular flexibility index (Phi) is 10.0. The van der Waals surface area contributed by atoms with Gasteiger partial charge in [-0.3, -0.25) is 0 Å². The Labute approximate surface area is 178 Å². The lowest BCUT2D eigenvalue weighted by atomic mass is 10.0. The number of benzene rings is 2. The van der Waals surface area contributed by atoms with Crippen LogP contribution >= 0.6 is 0 Å². The Hall–Kier alpha value is -2.05. The van der Waals surface area contributed by atoms with E-state index < -0.39 is 8.07 Å². The molecular weight excluding hydrogens is 370 g/mol. The molecule has 0 aromatic heterocycles. The zero-order valence-corrected chi connectivity index (χ0v) is 19.5. The number of ether oxygens (including phenoxy) is 1. The van der Waals surface area contributed by atoms with Gasteiger partial charge in [0.05, 0.1) is 26.3 Å². The molecule has 2 aromatic carbocycles. The van der Waals surface area contributed by atoms with Crippen LogP contribution in [0.3, 0.4) is 0 Å². The Morgan fingerprint density at radius 1 is 0.724 bits per heavy atom. The monoisotopic (exact) mass is 407 g/mol. The van der Waals surface area contributed by atoms with Gasteiger partial charge in [-0.1, -0.05) is 94.9 Å². The second-order valence-electron chi connectivity index (χ2n) is 8.14. The molecule has 29 heavy (non-hydrogen) atoms. The summed E-state index contributed by atoms with van der Waals surface area (Å²) in [6, 6.07) is 24.0. The first-order valence-electron chi connectivity index (χ1n) is 11.4. The molecular formula is C26H37NOSi. The maximum atomic E-state index is 8.90. The number of rotatable bonds is 13. The van der Waals surface area contributed by atoms with Gasteiger partial charge in [0, 0.05) is 0 Å². The van der Waals surface area contributed by atoms with Crippen molar-refractivity contribution >= 4 is 8.07 Å². The van der Waals surface area contributed by atoms with Gasteiger partial charge in [0.15, 0.2) is 0 Å². The summed E-state index contributed by atoms with van der Waals surface area (Å²) >= 11 is 0. The second kappa shape index (κ2) is 12.5. The predicted octanol–water partition coefficient (Wildman–Crippen LogP) is 8.06. The van der Waals surface area contributed by atoms with Gasteiger partial charge in [0.25, 0.3) is 0 Å². The third-order valence-electron chi connectivity index (χ3n) is 6.57. The molecule has 0 bridgehead atoms. The van der Waals surface area contributed by atoms with Crippen molar-refractivity contribution in [2.24, 2.45) is 0 Å². The third kappa shape index (κ3) is 7.37. The summed E-state index contributed by atoms with van der Waals surface area (Å²) in [7, 11) is -0.910. The minimum Gasteiger partial charge on any atom is -0.494 e. The van der Waals surface area contributed by atoms with Crippen LogP contribution in [0, 0.1) is 11.3 Å². The zero-order valence-electron chi connectivity index (χ0n) is 18.5. The summed E-state index contributed by atoms with van der Waals surface area (Å²) in [6.45, 7) is 8.03. The summed E-state index contributed by atoms with van der Waals surface area (Å²) < 4.78 is 5.91. The molecule has 0 aliphatic heterocycles. The lowest BCUT2D eigenvalue weighted by molar-refractivity contribution is 0.304. The molecule has 2 nitrogen and oxygen atoms in total. The fraction of sp³-hybridized carbons (Fsp3) is 0.500. The first kappa shape index (κ1) is 23.2. The molecule has 156 valence electrons. The van der Waals surface area contributed by atoms with Crippen LogP contribution in [0.25, 0.3) is 11.1 Å². The molecule has 0 N–H and O–H groups in total. The van der Waals surface area contributed by atoms with E-state index in [9.17, 15) is 0 Å². The fourth-order valence-corrected chi connectivity index (χ4v) is 7.64. The number of hydrogen-bond donors (Lipinski definition) is 0. The molecule has 0 amide bonds. The van der Waals surface area contributed by atoms with E-state index in [1.54, 1.807) is 0 Å². The molecule has 2 aromatic rings. The Balaban J connectivity index is 1.62. The highest BCUT2D eigenvalue weighted by atomic mass is 28.3. The largest absolute Gasteiger partial charge is 0.494 e. The number of unbranched alkanes of at least 4 members (excludes halogenated alkanes) is 4. The van der Waals surface area contributed by atoms with Gasteiger partial charge < -0.3 is 4.74 Å². The van der Waals surface area contributed by atoms with E-state index in [0.29, 0.717) is 5.56 Å². The van der Waals surface area contributed by atoms with Crippen molar-refractivity contribution in [1.29, 1.82) is 5.26 Å². The molecule has 0 aliphatic carbocycles. The van der Waals surface area contributed by atoms with Crippen LogP contribution in [-0.2, 0) is 0 Å². The lowest BCUT2D eigenvalue weighted by Gasteiger charge is -2.28. The highest BCUT2D eigenvalue weighted by Gasteiger charge is 2.25. The number of nitrogens with zero attached hydrogens (tertiary/aromatic N) is 1. The van der Waals surface area contributed by atoms with Crippen LogP contribution in [0.2, 0.25) is 24.2 Å². The van der Waals surface area contributed by atoms with Gasteiger partial charge in [0.1, 0.15) is 5.75 Å². The van der Waals surface area contributed by atoms with Crippen molar-refractivity contribution < 1.29 is 4.74 Å². The topological polar surface area (TPSA) is 33.0 Å². The minimum absolute atomic E-state index is 0.691. The first-order chi connectivity index (χ1) is 14.2. The summed E-state index contributed by atoms with van der Waals surface area (Å²) in [5, 5.41) is 8.90. The highest BCUT2D eigenvalue weighted by Crippen LogP contribution is 2.28. The van der Waals surface area contributed by atoms with E-state index in [0.717, 1.165) is 29.9 Å². The van der Waals surface area contributed by atoms with Crippen LogP contribution in [-0.4, -0.2) is 14.7 Å².